The van der Waals surface area contributed by atoms with Crippen molar-refractivity contribution in [3.8, 4) is 0 Å². The van der Waals surface area contributed by atoms with Crippen LogP contribution in [0.1, 0.15) is 18.4 Å². The Kier molecular flexibility index (Phi) is 4.76. The molecule has 0 aromatic carbocycles. The Morgan fingerprint density at radius 1 is 1.41 bits per heavy atom. The van der Waals surface area contributed by atoms with E-state index in [0.29, 0.717) is 5.56 Å². The molecule has 1 aliphatic rings. The van der Waals surface area contributed by atoms with E-state index in [0.717, 1.165) is 0 Å². The number of halogens is 2. The lowest BCUT2D eigenvalue weighted by Crippen LogP contribution is -2.49. The normalized spacial score (nSPS) is 17.2. The highest BCUT2D eigenvalue weighted by Gasteiger charge is 2.48. The van der Waals surface area contributed by atoms with Gasteiger partial charge in [0.1, 0.15) is 0 Å². The molecule has 1 fully saturated rings. The first-order valence-corrected chi connectivity index (χ1v) is 8.17. The third-order valence-electron chi connectivity index (χ3n) is 3.43. The van der Waals surface area contributed by atoms with E-state index in [1.807, 2.05) is 0 Å². The maximum Gasteiger partial charge on any atom is 0.328 e. The number of sulfonamides is 1. The highest BCUT2D eigenvalue weighted by atomic mass is 32.2. The van der Waals surface area contributed by atoms with Crippen molar-refractivity contribution in [3.63, 3.8) is 0 Å². The Morgan fingerprint density at radius 2 is 2.05 bits per heavy atom. The number of rotatable bonds is 4. The Morgan fingerprint density at radius 3 is 2.64 bits per heavy atom. The molecule has 1 amide bonds. The molecule has 2 heterocycles. The van der Waals surface area contributed by atoms with Gasteiger partial charge in [0.25, 0.3) is 10.0 Å². The molecule has 2 rings (SSSR count). The number of pyridine rings is 1. The fourth-order valence-electron chi connectivity index (χ4n) is 2.14. The second-order valence-corrected chi connectivity index (χ2v) is 6.74. The summed E-state index contributed by atoms with van der Waals surface area (Å²) in [6.07, 6.45) is 1.23. The van der Waals surface area contributed by atoms with Crippen molar-refractivity contribution >= 4 is 15.9 Å². The summed E-state index contributed by atoms with van der Waals surface area (Å²) in [6.45, 7) is 1.87. The number of carbonyl (C=O) groups excluding carboxylic acids is 1. The van der Waals surface area contributed by atoms with Crippen LogP contribution in [0.25, 0.3) is 0 Å². The number of nitrogens with one attached hydrogen (secondary N) is 1. The number of aromatic nitrogens is 1. The Labute approximate surface area is 126 Å². The van der Waals surface area contributed by atoms with Crippen molar-refractivity contribution in [1.82, 2.24) is 9.71 Å². The minimum absolute atomic E-state index is 0.00314. The van der Waals surface area contributed by atoms with Gasteiger partial charge in [0.15, 0.2) is 5.03 Å². The van der Waals surface area contributed by atoms with E-state index in [2.05, 4.69) is 4.98 Å². The molecule has 22 heavy (non-hydrogen) atoms. The van der Waals surface area contributed by atoms with Crippen molar-refractivity contribution in [2.75, 3.05) is 13.2 Å². The summed E-state index contributed by atoms with van der Waals surface area (Å²) in [5.74, 6) is -6.84. The summed E-state index contributed by atoms with van der Waals surface area (Å²) >= 11 is 0. The molecular formula is C13H16F2N2O4S. The molecule has 122 valence electrons. The van der Waals surface area contributed by atoms with Crippen LogP contribution in [0.4, 0.5) is 8.78 Å². The zero-order chi connectivity index (χ0) is 16.4. The third kappa shape index (κ3) is 3.58. The monoisotopic (exact) mass is 334 g/mol. The van der Waals surface area contributed by atoms with Crippen LogP contribution in [0.15, 0.2) is 23.4 Å². The molecule has 9 heteroatoms. The average molecular weight is 334 g/mol. The van der Waals surface area contributed by atoms with E-state index in [1.54, 1.807) is 13.0 Å². The first-order chi connectivity index (χ1) is 10.2. The maximum absolute atomic E-state index is 14.1. The van der Waals surface area contributed by atoms with Crippen LogP contribution < -0.4 is 4.72 Å². The van der Waals surface area contributed by atoms with Gasteiger partial charge >= 0.3 is 11.8 Å². The minimum Gasteiger partial charge on any atom is -0.381 e. The van der Waals surface area contributed by atoms with E-state index in [9.17, 15) is 22.0 Å². The SMILES string of the molecule is Cc1ccnc(S(=O)(=O)NC(=O)C(F)(F)C2CCOCC2)c1. The third-order valence-corrected chi connectivity index (χ3v) is 4.66. The standard InChI is InChI=1S/C13H16F2N2O4S/c1-9-2-5-16-11(8-9)22(19,20)17-12(18)13(14,15)10-3-6-21-7-4-10/h2,5,8,10H,3-4,6-7H2,1H3,(H,17,18). The molecule has 1 aromatic heterocycles. The molecule has 0 spiro atoms. The zero-order valence-electron chi connectivity index (χ0n) is 11.9. The van der Waals surface area contributed by atoms with Gasteiger partial charge in [-0.25, -0.2) is 9.71 Å². The number of carbonyl (C=O) groups is 1. The first-order valence-electron chi connectivity index (χ1n) is 6.69. The van der Waals surface area contributed by atoms with E-state index in [4.69, 9.17) is 4.74 Å². The highest BCUT2D eigenvalue weighted by molar-refractivity contribution is 7.90. The van der Waals surface area contributed by atoms with Gasteiger partial charge in [-0.1, -0.05) is 0 Å². The lowest BCUT2D eigenvalue weighted by atomic mass is 9.92. The molecule has 1 aliphatic heterocycles. The highest BCUT2D eigenvalue weighted by Crippen LogP contribution is 2.33. The number of aryl methyl sites for hydroxylation is 1. The van der Waals surface area contributed by atoms with Crippen molar-refractivity contribution in [2.24, 2.45) is 5.92 Å². The zero-order valence-corrected chi connectivity index (χ0v) is 12.7. The maximum atomic E-state index is 14.1. The summed E-state index contributed by atoms with van der Waals surface area (Å²) in [5, 5.41) is -0.469. The van der Waals surface area contributed by atoms with Crippen LogP contribution in [0, 0.1) is 12.8 Å². The van der Waals surface area contributed by atoms with Gasteiger partial charge in [0.05, 0.1) is 0 Å². The summed E-state index contributed by atoms with van der Waals surface area (Å²) < 4.78 is 58.5. The summed E-state index contributed by atoms with van der Waals surface area (Å²) in [5.41, 5.74) is 0.582. The minimum atomic E-state index is -4.43. The number of hydrogen-bond donors (Lipinski definition) is 1. The fourth-order valence-corrected chi connectivity index (χ4v) is 3.17. The second kappa shape index (κ2) is 6.25. The number of alkyl halides is 2. The molecular weight excluding hydrogens is 318 g/mol. The van der Waals surface area contributed by atoms with Crippen LogP contribution in [0.5, 0.6) is 0 Å². The molecule has 6 nitrogen and oxygen atoms in total. The van der Waals surface area contributed by atoms with Crippen LogP contribution in [0.3, 0.4) is 0 Å². The molecule has 1 aromatic rings. The van der Waals surface area contributed by atoms with Gasteiger partial charge in [0.2, 0.25) is 0 Å². The largest absolute Gasteiger partial charge is 0.381 e. The Bertz CT molecular complexity index is 658. The van der Waals surface area contributed by atoms with Gasteiger partial charge in [-0.15, -0.1) is 0 Å². The van der Waals surface area contributed by atoms with Crippen molar-refractivity contribution in [1.29, 1.82) is 0 Å². The first kappa shape index (κ1) is 16.8. The van der Waals surface area contributed by atoms with Crippen molar-refractivity contribution < 1.29 is 26.7 Å². The molecule has 1 saturated heterocycles. The predicted molar refractivity (Wildman–Crippen MR) is 72.8 cm³/mol. The van der Waals surface area contributed by atoms with E-state index in [1.165, 1.54) is 17.0 Å². The van der Waals surface area contributed by atoms with Crippen LogP contribution in [-0.4, -0.2) is 38.4 Å². The molecule has 1 N–H and O–H groups in total. The van der Waals surface area contributed by atoms with Crippen LogP contribution in [-0.2, 0) is 19.6 Å². The number of ether oxygens (including phenoxy) is 1. The van der Waals surface area contributed by atoms with Crippen molar-refractivity contribution in [3.05, 3.63) is 23.9 Å². The van der Waals surface area contributed by atoms with Crippen molar-refractivity contribution in [2.45, 2.75) is 30.7 Å². The van der Waals surface area contributed by atoms with Gasteiger partial charge in [0, 0.05) is 25.3 Å². The molecule has 0 saturated carbocycles. The Balaban J connectivity index is 2.16. The molecule has 0 bridgehead atoms. The molecule has 0 radical (unpaired) electrons. The van der Waals surface area contributed by atoms with Gasteiger partial charge < -0.3 is 4.74 Å². The van der Waals surface area contributed by atoms with Crippen LogP contribution in [0.2, 0.25) is 0 Å². The van der Waals surface area contributed by atoms with Gasteiger partial charge in [-0.05, 0) is 37.5 Å². The second-order valence-electron chi connectivity index (χ2n) is 5.12. The average Bonchev–Trinajstić information content (AvgIpc) is 2.47. The number of nitrogens with zero attached hydrogens (tertiary/aromatic N) is 1. The lowest BCUT2D eigenvalue weighted by molar-refractivity contribution is -0.157. The number of hydrogen-bond acceptors (Lipinski definition) is 5. The molecule has 0 atom stereocenters. The van der Waals surface area contributed by atoms with Gasteiger partial charge in [-0.2, -0.15) is 17.2 Å². The molecule has 0 unspecified atom stereocenters. The van der Waals surface area contributed by atoms with E-state index < -0.39 is 32.8 Å². The van der Waals surface area contributed by atoms with Crippen LogP contribution >= 0.6 is 0 Å². The van der Waals surface area contributed by atoms with E-state index in [-0.39, 0.29) is 26.1 Å². The quantitative estimate of drug-likeness (QED) is 0.896. The number of amides is 1. The lowest BCUT2D eigenvalue weighted by Gasteiger charge is -2.28. The Hall–Kier alpha value is -1.61. The topological polar surface area (TPSA) is 85.4 Å². The van der Waals surface area contributed by atoms with Gasteiger partial charge in [-0.3, -0.25) is 4.79 Å². The summed E-state index contributed by atoms with van der Waals surface area (Å²) in [4.78, 5) is 15.3. The summed E-state index contributed by atoms with van der Waals surface area (Å²) in [6, 6.07) is 2.75. The molecule has 0 aliphatic carbocycles. The predicted octanol–water partition coefficient (Wildman–Crippen LogP) is 1.26. The fraction of sp³-hybridized carbons (Fsp3) is 0.538. The van der Waals surface area contributed by atoms with E-state index >= 15 is 0 Å². The summed E-state index contributed by atoms with van der Waals surface area (Å²) in [7, 11) is -4.43. The smallest absolute Gasteiger partial charge is 0.328 e.